The molecular weight excluding hydrogens is 264 g/mol. The van der Waals surface area contributed by atoms with E-state index < -0.39 is 5.54 Å². The first-order chi connectivity index (χ1) is 10.0. The summed E-state index contributed by atoms with van der Waals surface area (Å²) in [7, 11) is 0. The summed E-state index contributed by atoms with van der Waals surface area (Å²) in [6.45, 7) is 6.98. The number of carbonyl (C=O) groups is 2. The van der Waals surface area contributed by atoms with Crippen LogP contribution >= 0.6 is 0 Å². The molecule has 4 nitrogen and oxygen atoms in total. The van der Waals surface area contributed by atoms with Gasteiger partial charge in [0.1, 0.15) is 11.6 Å². The first kappa shape index (κ1) is 16.3. The molecule has 0 aromatic heterocycles. The van der Waals surface area contributed by atoms with E-state index in [1.807, 2.05) is 18.7 Å². The third-order valence-electron chi connectivity index (χ3n) is 4.98. The zero-order valence-electron chi connectivity index (χ0n) is 13.8. The van der Waals surface area contributed by atoms with Gasteiger partial charge in [0, 0.05) is 6.54 Å². The molecule has 1 N–H and O–H groups in total. The molecule has 1 saturated heterocycles. The second kappa shape index (κ2) is 6.80. The molecule has 1 spiro atoms. The van der Waals surface area contributed by atoms with Gasteiger partial charge in [0.15, 0.2) is 0 Å². The number of nitrogens with one attached hydrogen (secondary N) is 1. The number of rotatable bonds is 6. The Morgan fingerprint density at radius 2 is 1.86 bits per heavy atom. The molecular formula is C17H30N2O2. The van der Waals surface area contributed by atoms with Crippen LogP contribution in [0.5, 0.6) is 0 Å². The minimum absolute atomic E-state index is 0.0574. The van der Waals surface area contributed by atoms with Crippen molar-refractivity contribution in [3.63, 3.8) is 0 Å². The van der Waals surface area contributed by atoms with Crippen molar-refractivity contribution in [3.05, 3.63) is 0 Å². The van der Waals surface area contributed by atoms with Gasteiger partial charge in [-0.25, -0.2) is 0 Å². The van der Waals surface area contributed by atoms with Crippen molar-refractivity contribution >= 4 is 11.8 Å². The molecule has 2 aliphatic rings. The van der Waals surface area contributed by atoms with Crippen LogP contribution < -0.4 is 5.32 Å². The van der Waals surface area contributed by atoms with Gasteiger partial charge in [0.25, 0.3) is 0 Å². The quantitative estimate of drug-likeness (QED) is 0.766. The number of hydrogen-bond acceptors (Lipinski definition) is 2. The molecule has 120 valence electrons. The number of nitrogens with zero attached hydrogens (tertiary/aromatic N) is 1. The molecule has 0 bridgehead atoms. The molecule has 2 rings (SSSR count). The molecule has 2 fully saturated rings. The zero-order chi connectivity index (χ0) is 15.5. The van der Waals surface area contributed by atoms with E-state index in [1.54, 1.807) is 0 Å². The highest BCUT2D eigenvalue weighted by Crippen LogP contribution is 2.35. The molecule has 1 atom stereocenters. The van der Waals surface area contributed by atoms with Gasteiger partial charge >= 0.3 is 0 Å². The molecule has 1 aliphatic carbocycles. The van der Waals surface area contributed by atoms with Crippen LogP contribution in [0.15, 0.2) is 0 Å². The van der Waals surface area contributed by atoms with Gasteiger partial charge in [-0.3, -0.25) is 9.59 Å². The SMILES string of the molecule is CCCCCCN1C(=O)C2(CCCC2)NC(=O)C1C(C)C. The van der Waals surface area contributed by atoms with Gasteiger partial charge in [-0.15, -0.1) is 0 Å². The van der Waals surface area contributed by atoms with Crippen LogP contribution in [0, 0.1) is 5.92 Å². The van der Waals surface area contributed by atoms with E-state index in [4.69, 9.17) is 0 Å². The van der Waals surface area contributed by atoms with E-state index in [9.17, 15) is 9.59 Å². The maximum absolute atomic E-state index is 13.0. The van der Waals surface area contributed by atoms with Crippen LogP contribution in [0.1, 0.15) is 72.1 Å². The van der Waals surface area contributed by atoms with Crippen molar-refractivity contribution in [3.8, 4) is 0 Å². The van der Waals surface area contributed by atoms with Crippen molar-refractivity contribution in [2.45, 2.75) is 83.7 Å². The van der Waals surface area contributed by atoms with E-state index in [-0.39, 0.29) is 23.8 Å². The zero-order valence-corrected chi connectivity index (χ0v) is 13.8. The molecule has 1 heterocycles. The molecule has 1 aliphatic heterocycles. The Bertz CT molecular complexity index is 386. The molecule has 0 radical (unpaired) electrons. The lowest BCUT2D eigenvalue weighted by molar-refractivity contribution is -0.156. The standard InChI is InChI=1S/C17H30N2O2/c1-4-5-6-9-12-19-14(13(2)3)15(20)18-17(16(19)21)10-7-8-11-17/h13-14H,4-12H2,1-3H3,(H,18,20). The maximum atomic E-state index is 13.0. The predicted molar refractivity (Wildman–Crippen MR) is 83.8 cm³/mol. The maximum Gasteiger partial charge on any atom is 0.249 e. The first-order valence-electron chi connectivity index (χ1n) is 8.65. The smallest absolute Gasteiger partial charge is 0.249 e. The van der Waals surface area contributed by atoms with Crippen molar-refractivity contribution in [2.24, 2.45) is 5.92 Å². The van der Waals surface area contributed by atoms with Gasteiger partial charge in [-0.2, -0.15) is 0 Å². The fraction of sp³-hybridized carbons (Fsp3) is 0.882. The highest BCUT2D eigenvalue weighted by Gasteiger charge is 2.52. The largest absolute Gasteiger partial charge is 0.340 e. The summed E-state index contributed by atoms with van der Waals surface area (Å²) in [4.78, 5) is 27.4. The summed E-state index contributed by atoms with van der Waals surface area (Å²) in [5.74, 6) is 0.399. The van der Waals surface area contributed by atoms with E-state index in [2.05, 4.69) is 12.2 Å². The Hall–Kier alpha value is -1.06. The topological polar surface area (TPSA) is 49.4 Å². The molecule has 0 aromatic carbocycles. The predicted octanol–water partition coefficient (Wildman–Crippen LogP) is 2.86. The summed E-state index contributed by atoms with van der Waals surface area (Å²) in [5, 5.41) is 3.07. The highest BCUT2D eigenvalue weighted by molar-refractivity contribution is 6.00. The molecule has 4 heteroatoms. The number of unbranched alkanes of at least 4 members (excludes halogenated alkanes) is 3. The van der Waals surface area contributed by atoms with Crippen LogP contribution in [0.2, 0.25) is 0 Å². The lowest BCUT2D eigenvalue weighted by atomic mass is 9.87. The Morgan fingerprint density at radius 1 is 1.19 bits per heavy atom. The Balaban J connectivity index is 2.12. The van der Waals surface area contributed by atoms with Gasteiger partial charge < -0.3 is 10.2 Å². The lowest BCUT2D eigenvalue weighted by Gasteiger charge is -2.46. The molecule has 1 unspecified atom stereocenters. The molecule has 0 aromatic rings. The third-order valence-corrected chi connectivity index (χ3v) is 4.98. The van der Waals surface area contributed by atoms with E-state index in [0.717, 1.165) is 45.1 Å². The van der Waals surface area contributed by atoms with Gasteiger partial charge in [-0.1, -0.05) is 52.9 Å². The molecule has 21 heavy (non-hydrogen) atoms. The normalized spacial score (nSPS) is 25.0. The Morgan fingerprint density at radius 3 is 2.43 bits per heavy atom. The summed E-state index contributed by atoms with van der Waals surface area (Å²) in [6.07, 6.45) is 8.25. The number of carbonyl (C=O) groups excluding carboxylic acids is 2. The number of piperazine rings is 1. The molecule has 2 amide bonds. The minimum Gasteiger partial charge on any atom is -0.340 e. The van der Waals surface area contributed by atoms with Crippen LogP contribution in [0.3, 0.4) is 0 Å². The number of hydrogen-bond donors (Lipinski definition) is 1. The minimum atomic E-state index is -0.576. The van der Waals surface area contributed by atoms with Gasteiger partial charge in [0.2, 0.25) is 11.8 Å². The average molecular weight is 294 g/mol. The average Bonchev–Trinajstić information content (AvgIpc) is 2.89. The Labute approximate surface area is 128 Å². The van der Waals surface area contributed by atoms with E-state index in [0.29, 0.717) is 0 Å². The van der Waals surface area contributed by atoms with Crippen LogP contribution in [-0.4, -0.2) is 34.8 Å². The summed E-state index contributed by atoms with van der Waals surface area (Å²) >= 11 is 0. The van der Waals surface area contributed by atoms with Crippen LogP contribution in [0.4, 0.5) is 0 Å². The van der Waals surface area contributed by atoms with Gasteiger partial charge in [-0.05, 0) is 25.2 Å². The van der Waals surface area contributed by atoms with E-state index >= 15 is 0 Å². The summed E-state index contributed by atoms with van der Waals surface area (Å²) in [6, 6.07) is -0.287. The first-order valence-corrected chi connectivity index (χ1v) is 8.65. The van der Waals surface area contributed by atoms with Crippen LogP contribution in [0.25, 0.3) is 0 Å². The fourth-order valence-electron chi connectivity index (χ4n) is 3.84. The lowest BCUT2D eigenvalue weighted by Crippen LogP contribution is -2.70. The van der Waals surface area contributed by atoms with Crippen LogP contribution in [-0.2, 0) is 9.59 Å². The molecule has 1 saturated carbocycles. The summed E-state index contributed by atoms with van der Waals surface area (Å²) in [5.41, 5.74) is -0.576. The van der Waals surface area contributed by atoms with Crippen molar-refractivity contribution < 1.29 is 9.59 Å². The van der Waals surface area contributed by atoms with E-state index in [1.165, 1.54) is 12.8 Å². The second-order valence-electron chi connectivity index (χ2n) is 7.03. The van der Waals surface area contributed by atoms with Crippen molar-refractivity contribution in [1.29, 1.82) is 0 Å². The second-order valence-corrected chi connectivity index (χ2v) is 7.03. The Kier molecular flexibility index (Phi) is 5.28. The fourth-order valence-corrected chi connectivity index (χ4v) is 3.84. The van der Waals surface area contributed by atoms with Crippen molar-refractivity contribution in [2.75, 3.05) is 6.54 Å². The van der Waals surface area contributed by atoms with Crippen molar-refractivity contribution in [1.82, 2.24) is 10.2 Å². The summed E-state index contributed by atoms with van der Waals surface area (Å²) < 4.78 is 0. The van der Waals surface area contributed by atoms with Gasteiger partial charge in [0.05, 0.1) is 0 Å². The monoisotopic (exact) mass is 294 g/mol. The number of amides is 2. The highest BCUT2D eigenvalue weighted by atomic mass is 16.2. The third kappa shape index (κ3) is 3.24.